The lowest BCUT2D eigenvalue weighted by Gasteiger charge is -2.20. The Balaban J connectivity index is 2.05. The second-order valence-corrected chi connectivity index (χ2v) is 5.82. The van der Waals surface area contributed by atoms with E-state index in [-0.39, 0.29) is 16.8 Å². The Morgan fingerprint density at radius 1 is 1.16 bits per heavy atom. The zero-order valence-electron chi connectivity index (χ0n) is 13.9. The molecular formula is C18H19F3N2OS. The molecule has 0 saturated carbocycles. The SMILES string of the molecule is CC[C@H](NC(=S)Nc1cccc(C(F)(F)F)c1)c1ccc(OC)cc1. The summed E-state index contributed by atoms with van der Waals surface area (Å²) < 4.78 is 43.4. The summed E-state index contributed by atoms with van der Waals surface area (Å²) in [7, 11) is 1.60. The molecule has 0 bridgehead atoms. The highest BCUT2D eigenvalue weighted by Gasteiger charge is 2.30. The number of halogens is 3. The number of benzene rings is 2. The molecule has 0 aliphatic rings. The van der Waals surface area contributed by atoms with Crippen molar-refractivity contribution in [1.82, 2.24) is 5.32 Å². The van der Waals surface area contributed by atoms with Crippen LogP contribution in [0.3, 0.4) is 0 Å². The molecule has 0 fully saturated rings. The molecule has 2 aromatic carbocycles. The Bertz CT molecular complexity index is 717. The maximum absolute atomic E-state index is 12.8. The van der Waals surface area contributed by atoms with Gasteiger partial charge in [0, 0.05) is 5.69 Å². The van der Waals surface area contributed by atoms with Gasteiger partial charge in [0.1, 0.15) is 5.75 Å². The molecule has 2 N–H and O–H groups in total. The van der Waals surface area contributed by atoms with Crippen molar-refractivity contribution in [2.45, 2.75) is 25.6 Å². The Hall–Kier alpha value is -2.28. The standard InChI is InChI=1S/C18H19F3N2OS/c1-3-16(12-7-9-15(24-2)10-8-12)23-17(25)22-14-6-4-5-13(11-14)18(19,20)21/h4-11,16H,3H2,1-2H3,(H2,22,23,25)/t16-/m0/s1. The van der Waals surface area contributed by atoms with E-state index in [9.17, 15) is 13.2 Å². The van der Waals surface area contributed by atoms with Gasteiger partial charge in [-0.25, -0.2) is 0 Å². The van der Waals surface area contributed by atoms with Gasteiger partial charge in [-0.2, -0.15) is 13.2 Å². The van der Waals surface area contributed by atoms with Gasteiger partial charge in [-0.05, 0) is 54.5 Å². The van der Waals surface area contributed by atoms with E-state index >= 15 is 0 Å². The first-order chi connectivity index (χ1) is 11.8. The van der Waals surface area contributed by atoms with E-state index in [2.05, 4.69) is 10.6 Å². The third-order valence-electron chi connectivity index (χ3n) is 3.68. The lowest BCUT2D eigenvalue weighted by molar-refractivity contribution is -0.137. The van der Waals surface area contributed by atoms with E-state index in [0.717, 1.165) is 29.9 Å². The van der Waals surface area contributed by atoms with Gasteiger partial charge in [0.15, 0.2) is 5.11 Å². The molecule has 7 heteroatoms. The van der Waals surface area contributed by atoms with Crippen molar-refractivity contribution in [2.75, 3.05) is 12.4 Å². The highest BCUT2D eigenvalue weighted by Crippen LogP contribution is 2.30. The number of methoxy groups -OCH3 is 1. The van der Waals surface area contributed by atoms with Gasteiger partial charge in [0.2, 0.25) is 0 Å². The average Bonchev–Trinajstić information content (AvgIpc) is 2.59. The maximum Gasteiger partial charge on any atom is 0.416 e. The Labute approximate surface area is 150 Å². The number of nitrogens with one attached hydrogen (secondary N) is 2. The summed E-state index contributed by atoms with van der Waals surface area (Å²) in [5.74, 6) is 0.753. The van der Waals surface area contributed by atoms with E-state index in [1.54, 1.807) is 7.11 Å². The molecule has 0 aliphatic heterocycles. The third kappa shape index (κ3) is 5.35. The van der Waals surface area contributed by atoms with Crippen molar-refractivity contribution >= 4 is 23.0 Å². The molecule has 0 unspecified atom stereocenters. The fraction of sp³-hybridized carbons (Fsp3) is 0.278. The number of thiocarbonyl (C=S) groups is 1. The van der Waals surface area contributed by atoms with Gasteiger partial charge in [0.25, 0.3) is 0 Å². The smallest absolute Gasteiger partial charge is 0.416 e. The number of hydrogen-bond donors (Lipinski definition) is 2. The summed E-state index contributed by atoms with van der Waals surface area (Å²) in [5, 5.41) is 6.20. The zero-order valence-corrected chi connectivity index (χ0v) is 14.7. The van der Waals surface area contributed by atoms with Crippen LogP contribution in [0.4, 0.5) is 18.9 Å². The Morgan fingerprint density at radius 2 is 1.84 bits per heavy atom. The van der Waals surface area contributed by atoms with Crippen molar-refractivity contribution in [3.8, 4) is 5.75 Å². The van der Waals surface area contributed by atoms with Crippen molar-refractivity contribution in [2.24, 2.45) is 0 Å². The quantitative estimate of drug-likeness (QED) is 0.715. The minimum atomic E-state index is -4.39. The molecule has 3 nitrogen and oxygen atoms in total. The molecule has 0 saturated heterocycles. The molecule has 1 atom stereocenters. The molecular weight excluding hydrogens is 349 g/mol. The minimum absolute atomic E-state index is 0.0586. The van der Waals surface area contributed by atoms with E-state index in [1.165, 1.54) is 12.1 Å². The summed E-state index contributed by atoms with van der Waals surface area (Å²) in [5.41, 5.74) is 0.580. The van der Waals surface area contributed by atoms with Crippen molar-refractivity contribution < 1.29 is 17.9 Å². The van der Waals surface area contributed by atoms with Crippen LogP contribution in [0.15, 0.2) is 48.5 Å². The fourth-order valence-electron chi connectivity index (χ4n) is 2.36. The Morgan fingerprint density at radius 3 is 2.40 bits per heavy atom. The highest BCUT2D eigenvalue weighted by atomic mass is 32.1. The van der Waals surface area contributed by atoms with E-state index < -0.39 is 11.7 Å². The van der Waals surface area contributed by atoms with Gasteiger partial charge in [-0.1, -0.05) is 25.1 Å². The average molecular weight is 368 g/mol. The largest absolute Gasteiger partial charge is 0.497 e. The number of rotatable bonds is 5. The summed E-state index contributed by atoms with van der Waals surface area (Å²) in [6, 6.07) is 12.4. The first kappa shape index (κ1) is 19.1. The van der Waals surface area contributed by atoms with Crippen molar-refractivity contribution in [3.63, 3.8) is 0 Å². The Kier molecular flexibility index (Phi) is 6.25. The van der Waals surface area contributed by atoms with Crippen LogP contribution in [0.5, 0.6) is 5.75 Å². The second kappa shape index (κ2) is 8.20. The second-order valence-electron chi connectivity index (χ2n) is 5.41. The topological polar surface area (TPSA) is 33.3 Å². The van der Waals surface area contributed by atoms with Crippen molar-refractivity contribution in [1.29, 1.82) is 0 Å². The minimum Gasteiger partial charge on any atom is -0.497 e. The van der Waals surface area contributed by atoms with Crippen LogP contribution in [-0.4, -0.2) is 12.2 Å². The molecule has 0 heterocycles. The van der Waals surface area contributed by atoms with Gasteiger partial charge in [-0.3, -0.25) is 0 Å². The van der Waals surface area contributed by atoms with Crippen LogP contribution in [-0.2, 0) is 6.18 Å². The molecule has 134 valence electrons. The number of alkyl halides is 3. The van der Waals surface area contributed by atoms with E-state index in [0.29, 0.717) is 0 Å². The van der Waals surface area contributed by atoms with Gasteiger partial charge >= 0.3 is 6.18 Å². The highest BCUT2D eigenvalue weighted by molar-refractivity contribution is 7.80. The van der Waals surface area contributed by atoms with Crippen LogP contribution in [0.2, 0.25) is 0 Å². The van der Waals surface area contributed by atoms with Crippen molar-refractivity contribution in [3.05, 3.63) is 59.7 Å². The van der Waals surface area contributed by atoms with Gasteiger partial charge < -0.3 is 15.4 Å². The summed E-state index contributed by atoms with van der Waals surface area (Å²) in [6.07, 6.45) is -3.63. The van der Waals surface area contributed by atoms with Crippen LogP contribution in [0.1, 0.15) is 30.5 Å². The fourth-order valence-corrected chi connectivity index (χ4v) is 2.62. The van der Waals surface area contributed by atoms with E-state index in [4.69, 9.17) is 17.0 Å². The molecule has 0 radical (unpaired) electrons. The number of hydrogen-bond acceptors (Lipinski definition) is 2. The summed E-state index contributed by atoms with van der Waals surface area (Å²) in [4.78, 5) is 0. The molecule has 0 aromatic heterocycles. The van der Waals surface area contributed by atoms with Gasteiger partial charge in [0.05, 0.1) is 18.7 Å². The van der Waals surface area contributed by atoms with Crippen LogP contribution < -0.4 is 15.4 Å². The molecule has 25 heavy (non-hydrogen) atoms. The first-order valence-corrected chi connectivity index (χ1v) is 8.13. The summed E-state index contributed by atoms with van der Waals surface area (Å²) >= 11 is 5.24. The first-order valence-electron chi connectivity index (χ1n) is 7.72. The molecule has 0 aliphatic carbocycles. The van der Waals surface area contributed by atoms with Gasteiger partial charge in [-0.15, -0.1) is 0 Å². The van der Waals surface area contributed by atoms with Crippen LogP contribution in [0.25, 0.3) is 0 Å². The van der Waals surface area contributed by atoms with E-state index in [1.807, 2.05) is 31.2 Å². The summed E-state index contributed by atoms with van der Waals surface area (Å²) in [6.45, 7) is 1.99. The van der Waals surface area contributed by atoms with Crippen LogP contribution in [0, 0.1) is 0 Å². The van der Waals surface area contributed by atoms with Crippen LogP contribution >= 0.6 is 12.2 Å². The third-order valence-corrected chi connectivity index (χ3v) is 3.90. The lowest BCUT2D eigenvalue weighted by Crippen LogP contribution is -2.32. The molecule has 0 amide bonds. The molecule has 2 rings (SSSR count). The normalized spacial score (nSPS) is 12.4. The maximum atomic E-state index is 12.8. The number of anilines is 1. The predicted octanol–water partition coefficient (Wildman–Crippen LogP) is 5.15. The molecule has 2 aromatic rings. The number of ether oxygens (including phenoxy) is 1. The predicted molar refractivity (Wildman–Crippen MR) is 96.8 cm³/mol. The lowest BCUT2D eigenvalue weighted by atomic mass is 10.0. The monoisotopic (exact) mass is 368 g/mol. The molecule has 0 spiro atoms. The zero-order chi connectivity index (χ0) is 18.4.